The number of fused-ring (bicyclic) bond motifs is 1. The van der Waals surface area contributed by atoms with Crippen molar-refractivity contribution in [3.05, 3.63) is 105 Å². The number of amides is 2. The minimum Gasteiger partial charge on any atom is -0.494 e. The molecular weight excluding hydrogens is 630 g/mol. The van der Waals surface area contributed by atoms with E-state index in [2.05, 4.69) is 20.7 Å². The van der Waals surface area contributed by atoms with Gasteiger partial charge in [-0.05, 0) is 74.9 Å². The number of nitrogens with zero attached hydrogens (tertiary/aromatic N) is 2. The molecule has 4 N–H and O–H groups in total. The average Bonchev–Trinajstić information content (AvgIpc) is 3.55. The van der Waals surface area contributed by atoms with E-state index in [4.69, 9.17) is 16.3 Å². The second-order valence-electron chi connectivity index (χ2n) is 12.0. The van der Waals surface area contributed by atoms with Crippen LogP contribution in [0.3, 0.4) is 0 Å². The van der Waals surface area contributed by atoms with E-state index in [1.54, 1.807) is 12.1 Å². The average molecular weight is 670 g/mol. The number of halogens is 1. The fraction of sp³-hybridized carbons (Fsp3) is 0.297. The predicted molar refractivity (Wildman–Crippen MR) is 187 cm³/mol. The van der Waals surface area contributed by atoms with Crippen molar-refractivity contribution >= 4 is 40.3 Å². The van der Waals surface area contributed by atoms with E-state index < -0.39 is 30.4 Å². The summed E-state index contributed by atoms with van der Waals surface area (Å²) in [6.45, 7) is 7.86. The Morgan fingerprint density at radius 2 is 1.73 bits per heavy atom. The molecule has 5 aromatic rings. The van der Waals surface area contributed by atoms with E-state index in [1.807, 2.05) is 88.0 Å². The Morgan fingerprint density at radius 3 is 2.38 bits per heavy atom. The summed E-state index contributed by atoms with van der Waals surface area (Å²) < 4.78 is 7.89. The van der Waals surface area contributed by atoms with Gasteiger partial charge >= 0.3 is 5.97 Å². The lowest BCUT2D eigenvalue weighted by atomic mass is 9.98. The van der Waals surface area contributed by atoms with Gasteiger partial charge in [0.25, 0.3) is 5.91 Å². The number of nitrogens with one attached hydrogen (secondary N) is 3. The zero-order valence-electron chi connectivity index (χ0n) is 27.7. The van der Waals surface area contributed by atoms with Gasteiger partial charge in [-0.1, -0.05) is 60.1 Å². The van der Waals surface area contributed by atoms with Crippen molar-refractivity contribution in [2.45, 2.75) is 53.0 Å². The highest BCUT2D eigenvalue weighted by molar-refractivity contribution is 6.32. The Morgan fingerprint density at radius 1 is 1.02 bits per heavy atom. The Kier molecular flexibility index (Phi) is 10.5. The number of aryl methyl sites for hydroxylation is 5. The maximum absolute atomic E-state index is 13.7. The fourth-order valence-electron chi connectivity index (χ4n) is 6.07. The molecule has 0 spiro atoms. The van der Waals surface area contributed by atoms with Gasteiger partial charge in [-0.2, -0.15) is 5.10 Å². The van der Waals surface area contributed by atoms with Gasteiger partial charge in [0.1, 0.15) is 17.5 Å². The first-order chi connectivity index (χ1) is 22.9. The minimum absolute atomic E-state index is 0.120. The molecule has 2 heterocycles. The van der Waals surface area contributed by atoms with Gasteiger partial charge in [-0.3, -0.25) is 14.3 Å². The molecule has 0 unspecified atom stereocenters. The van der Waals surface area contributed by atoms with Crippen LogP contribution in [-0.2, 0) is 29.5 Å². The highest BCUT2D eigenvalue weighted by Gasteiger charge is 2.24. The molecule has 2 aromatic heterocycles. The minimum atomic E-state index is -1.16. The molecular formula is C37H40ClN5O5. The van der Waals surface area contributed by atoms with Crippen molar-refractivity contribution in [2.75, 3.05) is 13.2 Å². The molecule has 0 fully saturated rings. The molecule has 0 aliphatic rings. The lowest BCUT2D eigenvalue weighted by Crippen LogP contribution is -2.46. The van der Waals surface area contributed by atoms with Crippen LogP contribution in [0.2, 0.25) is 5.02 Å². The van der Waals surface area contributed by atoms with Gasteiger partial charge < -0.3 is 25.5 Å². The Balaban J connectivity index is 1.37. The number of carboxylic acids is 1. The van der Waals surface area contributed by atoms with Crippen LogP contribution in [0.15, 0.2) is 60.7 Å². The molecule has 250 valence electrons. The van der Waals surface area contributed by atoms with Crippen molar-refractivity contribution in [3.8, 4) is 16.9 Å². The summed E-state index contributed by atoms with van der Waals surface area (Å²) in [6.07, 6.45) is 1.26. The van der Waals surface area contributed by atoms with Crippen LogP contribution < -0.4 is 15.4 Å². The van der Waals surface area contributed by atoms with Crippen molar-refractivity contribution < 1.29 is 24.2 Å². The lowest BCUT2D eigenvalue weighted by Gasteiger charge is -2.15. The molecule has 0 saturated heterocycles. The predicted octanol–water partition coefficient (Wildman–Crippen LogP) is 6.01. The number of carbonyl (C=O) groups is 3. The van der Waals surface area contributed by atoms with Gasteiger partial charge in [-0.15, -0.1) is 0 Å². The van der Waals surface area contributed by atoms with Gasteiger partial charge in [0.2, 0.25) is 5.91 Å². The van der Waals surface area contributed by atoms with Crippen molar-refractivity contribution in [1.82, 2.24) is 25.4 Å². The molecule has 0 aliphatic heterocycles. The quantitative estimate of drug-likeness (QED) is 0.113. The van der Waals surface area contributed by atoms with E-state index in [9.17, 15) is 19.5 Å². The molecule has 0 bridgehead atoms. The Bertz CT molecular complexity index is 1960. The molecule has 0 saturated carbocycles. The number of aromatic amines is 1. The normalized spacial score (nSPS) is 11.8. The third-order valence-electron chi connectivity index (χ3n) is 8.52. The first-order valence-electron chi connectivity index (χ1n) is 15.8. The zero-order chi connectivity index (χ0) is 34.5. The summed E-state index contributed by atoms with van der Waals surface area (Å²) in [7, 11) is 1.90. The third kappa shape index (κ3) is 7.55. The summed E-state index contributed by atoms with van der Waals surface area (Å²) in [4.78, 5) is 41.8. The highest BCUT2D eigenvalue weighted by Crippen LogP contribution is 2.35. The second-order valence-corrected chi connectivity index (χ2v) is 12.4. The molecule has 11 heteroatoms. The van der Waals surface area contributed by atoms with Crippen LogP contribution in [0.4, 0.5) is 0 Å². The lowest BCUT2D eigenvalue weighted by molar-refractivity contribution is -0.141. The topological polar surface area (TPSA) is 138 Å². The molecule has 0 aliphatic carbocycles. The largest absolute Gasteiger partial charge is 0.494 e. The van der Waals surface area contributed by atoms with Crippen LogP contribution in [0.25, 0.3) is 22.0 Å². The fourth-order valence-corrected chi connectivity index (χ4v) is 6.18. The number of H-pyrrole nitrogens is 1. The summed E-state index contributed by atoms with van der Waals surface area (Å²) in [5.74, 6) is -1.50. The summed E-state index contributed by atoms with van der Waals surface area (Å²) in [5.41, 5.74) is 8.34. The van der Waals surface area contributed by atoms with Crippen LogP contribution >= 0.6 is 11.6 Å². The van der Waals surface area contributed by atoms with E-state index in [0.717, 1.165) is 66.4 Å². The van der Waals surface area contributed by atoms with Crippen molar-refractivity contribution in [2.24, 2.45) is 7.05 Å². The Hall–Kier alpha value is -5.09. The molecule has 48 heavy (non-hydrogen) atoms. The number of hydrogen-bond acceptors (Lipinski definition) is 5. The number of benzene rings is 3. The molecule has 0 radical (unpaired) electrons. The molecule has 10 nitrogen and oxygen atoms in total. The summed E-state index contributed by atoms with van der Waals surface area (Å²) in [6, 6.07) is 17.7. The van der Waals surface area contributed by atoms with Crippen molar-refractivity contribution in [1.29, 1.82) is 0 Å². The first kappa shape index (κ1) is 34.3. The second kappa shape index (κ2) is 14.8. The van der Waals surface area contributed by atoms with Gasteiger partial charge in [0.05, 0.1) is 24.4 Å². The van der Waals surface area contributed by atoms with E-state index in [0.29, 0.717) is 25.1 Å². The number of aromatic nitrogens is 3. The molecule has 1 atom stereocenters. The van der Waals surface area contributed by atoms with Gasteiger partial charge in [-0.25, -0.2) is 4.79 Å². The van der Waals surface area contributed by atoms with Crippen LogP contribution in [0.1, 0.15) is 50.6 Å². The number of hydrogen-bond donors (Lipinski definition) is 4. The number of aliphatic carboxylic acids is 1. The highest BCUT2D eigenvalue weighted by atomic mass is 35.5. The maximum Gasteiger partial charge on any atom is 0.326 e. The molecule has 5 rings (SSSR count). The Labute approximate surface area is 284 Å². The zero-order valence-corrected chi connectivity index (χ0v) is 28.5. The summed E-state index contributed by atoms with van der Waals surface area (Å²) in [5, 5.41) is 21.1. The van der Waals surface area contributed by atoms with Gasteiger partial charge in [0, 0.05) is 40.7 Å². The number of para-hydroxylation sites is 1. The third-order valence-corrected chi connectivity index (χ3v) is 9.12. The van der Waals surface area contributed by atoms with Crippen molar-refractivity contribution in [3.63, 3.8) is 0 Å². The standard InChI is InChI=1S/C37H40ClN5O5/c1-21-17-26(18-22(2)33(21)38)48-16-10-15-28-27-13-9-14-29(32-23(3)42-43(5)24(32)4)34(27)41-35(28)36(45)39-20-31(44)40-30(37(46)47)19-25-11-7-6-8-12-25/h6-9,11-14,17-18,30,41H,10,15-16,19-20H2,1-5H3,(H,39,45)(H,40,44)(H,46,47)/t30-/m0/s1. The maximum atomic E-state index is 13.7. The van der Waals surface area contributed by atoms with E-state index >= 15 is 0 Å². The molecule has 2 amide bonds. The van der Waals surface area contributed by atoms with Crippen LogP contribution in [0, 0.1) is 27.7 Å². The van der Waals surface area contributed by atoms with E-state index in [1.165, 1.54) is 0 Å². The summed E-state index contributed by atoms with van der Waals surface area (Å²) >= 11 is 6.32. The first-order valence-corrected chi connectivity index (χ1v) is 16.2. The monoisotopic (exact) mass is 669 g/mol. The number of rotatable bonds is 13. The number of ether oxygens (including phenoxy) is 1. The number of carbonyl (C=O) groups excluding carboxylic acids is 2. The number of carboxylic acid groups (broad SMARTS) is 1. The van der Waals surface area contributed by atoms with Crippen LogP contribution in [-0.4, -0.2) is 56.8 Å². The molecule has 3 aromatic carbocycles. The van der Waals surface area contributed by atoms with Gasteiger partial charge in [0.15, 0.2) is 0 Å². The van der Waals surface area contributed by atoms with Crippen LogP contribution in [0.5, 0.6) is 5.75 Å². The SMILES string of the molecule is Cc1cc(OCCCc2c(C(=O)NCC(=O)N[C@@H](Cc3ccccc3)C(=O)O)[nH]c3c(-c4c(C)nn(C)c4C)cccc23)cc(C)c1Cl. The smallest absolute Gasteiger partial charge is 0.326 e. The van der Waals surface area contributed by atoms with E-state index in [-0.39, 0.29) is 6.42 Å².